The number of hydrogen-bond acceptors (Lipinski definition) is 6. The highest BCUT2D eigenvalue weighted by Gasteiger charge is 2.36. The van der Waals surface area contributed by atoms with Gasteiger partial charge in [-0.15, -0.1) is 10.2 Å². The summed E-state index contributed by atoms with van der Waals surface area (Å²) < 4.78 is 15.1. The summed E-state index contributed by atoms with van der Waals surface area (Å²) in [5, 5.41) is 21.1. The summed E-state index contributed by atoms with van der Waals surface area (Å²) in [4.78, 5) is 35.9. The number of hydrogen-bond donors (Lipinski definition) is 1. The van der Waals surface area contributed by atoms with Crippen LogP contribution in [0.3, 0.4) is 0 Å². The smallest absolute Gasteiger partial charge is 0.306 e. The Kier molecular flexibility index (Phi) is 4.36. The van der Waals surface area contributed by atoms with Crippen LogP contribution in [0.4, 0.5) is 21.7 Å². The van der Waals surface area contributed by atoms with E-state index < -0.39 is 28.3 Å². The molecule has 1 aromatic heterocycles. The average Bonchev–Trinajstić information content (AvgIpc) is 3.13. The number of nitro benzene ring substituents is 1. The number of benzene rings is 1. The molecule has 0 aliphatic carbocycles. The van der Waals surface area contributed by atoms with E-state index >= 15 is 0 Å². The normalized spacial score (nSPS) is 16.8. The SMILES string of the molecule is Cc1nnc(NC(=O)[C@@H]2CC(=O)N(c3ccc(F)c([N+](=O)[O-])c3)C2)n1C. The molecular formula is C15H15FN6O4. The predicted molar refractivity (Wildman–Crippen MR) is 87.9 cm³/mol. The van der Waals surface area contributed by atoms with Crippen molar-refractivity contribution >= 4 is 29.1 Å². The summed E-state index contributed by atoms with van der Waals surface area (Å²) in [6, 6.07) is 3.18. The third-order valence-electron chi connectivity index (χ3n) is 4.26. The fourth-order valence-electron chi connectivity index (χ4n) is 2.67. The lowest BCUT2D eigenvalue weighted by Gasteiger charge is -2.16. The number of carbonyl (C=O) groups excluding carboxylic acids is 2. The average molecular weight is 362 g/mol. The summed E-state index contributed by atoms with van der Waals surface area (Å²) in [5.74, 6) is -1.56. The van der Waals surface area contributed by atoms with Crippen LogP contribution in [0.1, 0.15) is 12.2 Å². The van der Waals surface area contributed by atoms with E-state index in [1.165, 1.54) is 11.0 Å². The Morgan fingerprint density at radius 1 is 1.42 bits per heavy atom. The molecule has 26 heavy (non-hydrogen) atoms. The van der Waals surface area contributed by atoms with E-state index in [2.05, 4.69) is 15.5 Å². The van der Waals surface area contributed by atoms with Crippen LogP contribution in [0.15, 0.2) is 18.2 Å². The fourth-order valence-corrected chi connectivity index (χ4v) is 2.67. The van der Waals surface area contributed by atoms with E-state index in [1.54, 1.807) is 18.5 Å². The Bertz CT molecular complexity index is 912. The minimum Gasteiger partial charge on any atom is -0.311 e. The van der Waals surface area contributed by atoms with E-state index in [-0.39, 0.29) is 30.5 Å². The van der Waals surface area contributed by atoms with E-state index in [9.17, 15) is 24.1 Å². The summed E-state index contributed by atoms with van der Waals surface area (Å²) in [6.45, 7) is 1.76. The monoisotopic (exact) mass is 362 g/mol. The van der Waals surface area contributed by atoms with Gasteiger partial charge in [-0.05, 0) is 19.1 Å². The second-order valence-corrected chi connectivity index (χ2v) is 5.92. The van der Waals surface area contributed by atoms with Crippen molar-refractivity contribution in [3.05, 3.63) is 40.0 Å². The van der Waals surface area contributed by atoms with E-state index in [0.717, 1.165) is 12.1 Å². The molecule has 11 heteroatoms. The lowest BCUT2D eigenvalue weighted by Crippen LogP contribution is -2.28. The Balaban J connectivity index is 1.76. The Labute approximate surface area is 146 Å². The van der Waals surface area contributed by atoms with Crippen LogP contribution in [0.2, 0.25) is 0 Å². The minimum absolute atomic E-state index is 0.0320. The topological polar surface area (TPSA) is 123 Å². The lowest BCUT2D eigenvalue weighted by atomic mass is 10.1. The molecular weight excluding hydrogens is 347 g/mol. The van der Waals surface area contributed by atoms with Crippen LogP contribution in [0.25, 0.3) is 0 Å². The molecule has 10 nitrogen and oxygen atoms in total. The number of nitro groups is 1. The fraction of sp³-hybridized carbons (Fsp3) is 0.333. The van der Waals surface area contributed by atoms with Gasteiger partial charge in [0.15, 0.2) is 0 Å². The summed E-state index contributed by atoms with van der Waals surface area (Å²) >= 11 is 0. The van der Waals surface area contributed by atoms with Crippen molar-refractivity contribution in [3.63, 3.8) is 0 Å². The number of amides is 2. The molecule has 0 unspecified atom stereocenters. The van der Waals surface area contributed by atoms with Crippen molar-refractivity contribution in [3.8, 4) is 0 Å². The number of rotatable bonds is 4. The first kappa shape index (κ1) is 17.5. The van der Waals surface area contributed by atoms with Gasteiger partial charge in [0.2, 0.25) is 23.6 Å². The first-order chi connectivity index (χ1) is 12.3. The van der Waals surface area contributed by atoms with Crippen LogP contribution in [0, 0.1) is 28.8 Å². The quantitative estimate of drug-likeness (QED) is 0.643. The molecule has 136 valence electrons. The van der Waals surface area contributed by atoms with E-state index in [4.69, 9.17) is 0 Å². The summed E-state index contributed by atoms with van der Waals surface area (Å²) in [7, 11) is 1.69. The third-order valence-corrected chi connectivity index (χ3v) is 4.26. The predicted octanol–water partition coefficient (Wildman–Crippen LogP) is 1.16. The van der Waals surface area contributed by atoms with Gasteiger partial charge in [-0.25, -0.2) is 0 Å². The van der Waals surface area contributed by atoms with Crippen molar-refractivity contribution in [2.45, 2.75) is 13.3 Å². The molecule has 1 atom stereocenters. The molecule has 1 aliphatic rings. The standard InChI is InChI=1S/C15H15FN6O4/c1-8-18-19-15(20(8)2)17-14(24)9-5-13(23)21(7-9)10-3-4-11(16)12(6-10)22(25)26/h3-4,6,9H,5,7H2,1-2H3,(H,17,19,24)/t9-/m1/s1. The molecule has 0 radical (unpaired) electrons. The Morgan fingerprint density at radius 3 is 2.77 bits per heavy atom. The summed E-state index contributed by atoms with van der Waals surface area (Å²) in [6.07, 6.45) is -0.0617. The number of nitrogens with zero attached hydrogens (tertiary/aromatic N) is 5. The van der Waals surface area contributed by atoms with Gasteiger partial charge in [0.05, 0.1) is 16.5 Å². The zero-order chi connectivity index (χ0) is 19.0. The first-order valence-electron chi connectivity index (χ1n) is 7.69. The van der Waals surface area contributed by atoms with Crippen molar-refractivity contribution in [1.29, 1.82) is 0 Å². The minimum atomic E-state index is -0.989. The van der Waals surface area contributed by atoms with Gasteiger partial charge < -0.3 is 9.47 Å². The van der Waals surface area contributed by atoms with Gasteiger partial charge in [0, 0.05) is 26.1 Å². The molecule has 2 aromatic rings. The maximum atomic E-state index is 13.5. The molecule has 0 saturated carbocycles. The van der Waals surface area contributed by atoms with Gasteiger partial charge in [0.25, 0.3) is 0 Å². The van der Waals surface area contributed by atoms with Crippen LogP contribution in [0.5, 0.6) is 0 Å². The second kappa shape index (κ2) is 6.50. The van der Waals surface area contributed by atoms with Gasteiger partial charge in [0.1, 0.15) is 5.82 Å². The number of nitrogens with one attached hydrogen (secondary N) is 1. The van der Waals surface area contributed by atoms with Gasteiger partial charge in [-0.3, -0.25) is 25.0 Å². The van der Waals surface area contributed by atoms with Gasteiger partial charge >= 0.3 is 5.69 Å². The maximum Gasteiger partial charge on any atom is 0.306 e. The van der Waals surface area contributed by atoms with Crippen molar-refractivity contribution in [2.24, 2.45) is 13.0 Å². The highest BCUT2D eigenvalue weighted by atomic mass is 19.1. The molecule has 2 heterocycles. The van der Waals surface area contributed by atoms with Crippen molar-refractivity contribution < 1.29 is 18.9 Å². The molecule has 1 fully saturated rings. The molecule has 1 saturated heterocycles. The van der Waals surface area contributed by atoms with Crippen LogP contribution >= 0.6 is 0 Å². The molecule has 2 amide bonds. The van der Waals surface area contributed by atoms with Crippen molar-refractivity contribution in [1.82, 2.24) is 14.8 Å². The van der Waals surface area contributed by atoms with Gasteiger partial charge in [-0.1, -0.05) is 0 Å². The largest absolute Gasteiger partial charge is 0.311 e. The maximum absolute atomic E-state index is 13.5. The van der Waals surface area contributed by atoms with E-state index in [1.807, 2.05) is 0 Å². The van der Waals surface area contributed by atoms with Crippen LogP contribution < -0.4 is 10.2 Å². The zero-order valence-electron chi connectivity index (χ0n) is 14.0. The number of aryl methyl sites for hydroxylation is 1. The lowest BCUT2D eigenvalue weighted by molar-refractivity contribution is -0.387. The molecule has 3 rings (SSSR count). The highest BCUT2D eigenvalue weighted by molar-refractivity contribution is 6.03. The van der Waals surface area contributed by atoms with Crippen LogP contribution in [-0.4, -0.2) is 38.0 Å². The first-order valence-corrected chi connectivity index (χ1v) is 7.69. The van der Waals surface area contributed by atoms with E-state index in [0.29, 0.717) is 5.82 Å². The highest BCUT2D eigenvalue weighted by Crippen LogP contribution is 2.30. The number of halogens is 1. The number of aromatic nitrogens is 3. The second-order valence-electron chi connectivity index (χ2n) is 5.92. The number of anilines is 2. The summed E-state index contributed by atoms with van der Waals surface area (Å²) in [5.41, 5.74) is -0.550. The van der Waals surface area contributed by atoms with Gasteiger partial charge in [-0.2, -0.15) is 4.39 Å². The molecule has 1 N–H and O–H groups in total. The zero-order valence-corrected chi connectivity index (χ0v) is 14.0. The molecule has 1 aliphatic heterocycles. The Morgan fingerprint density at radius 2 is 2.15 bits per heavy atom. The van der Waals surface area contributed by atoms with Crippen molar-refractivity contribution in [2.75, 3.05) is 16.8 Å². The third kappa shape index (κ3) is 3.10. The molecule has 0 bridgehead atoms. The molecule has 1 aromatic carbocycles. The molecule has 0 spiro atoms. The van der Waals surface area contributed by atoms with Crippen LogP contribution in [-0.2, 0) is 16.6 Å². The Hall–Kier alpha value is -3.37. The number of carbonyl (C=O) groups is 2.